The molecule has 0 unspecified atom stereocenters. The predicted octanol–water partition coefficient (Wildman–Crippen LogP) is 2.18. The van der Waals surface area contributed by atoms with Crippen LogP contribution in [0.25, 0.3) is 0 Å². The van der Waals surface area contributed by atoms with E-state index in [2.05, 4.69) is 33.2 Å². The lowest BCUT2D eigenvalue weighted by atomic mass is 10.2. The van der Waals surface area contributed by atoms with Gasteiger partial charge in [0.15, 0.2) is 0 Å². The Morgan fingerprint density at radius 3 is 2.65 bits per heavy atom. The van der Waals surface area contributed by atoms with Gasteiger partial charge in [0, 0.05) is 32.2 Å². The van der Waals surface area contributed by atoms with Crippen molar-refractivity contribution in [3.05, 3.63) is 47.4 Å². The Kier molecular flexibility index (Phi) is 5.44. The van der Waals surface area contributed by atoms with Gasteiger partial charge in [0.2, 0.25) is 0 Å². The van der Waals surface area contributed by atoms with Crippen LogP contribution in [0.5, 0.6) is 0 Å². The second kappa shape index (κ2) is 7.93. The van der Waals surface area contributed by atoms with Gasteiger partial charge in [-0.15, -0.1) is 0 Å². The quantitative estimate of drug-likeness (QED) is 0.910. The van der Waals surface area contributed by atoms with Gasteiger partial charge in [0.1, 0.15) is 23.4 Å². The first kappa shape index (κ1) is 17.8. The number of nitrogens with one attached hydrogen (secondary N) is 1. The minimum atomic E-state index is -0.0807. The van der Waals surface area contributed by atoms with E-state index in [1.54, 1.807) is 25.1 Å². The van der Waals surface area contributed by atoms with Crippen LogP contribution >= 0.6 is 0 Å². The van der Waals surface area contributed by atoms with E-state index >= 15 is 0 Å². The number of carbonyl (C=O) groups is 1. The molecule has 7 nitrogen and oxygen atoms in total. The van der Waals surface area contributed by atoms with Crippen molar-refractivity contribution in [1.82, 2.24) is 19.8 Å². The van der Waals surface area contributed by atoms with Gasteiger partial charge in [0.05, 0.1) is 11.3 Å². The molecule has 7 heteroatoms. The molecule has 1 fully saturated rings. The second-order valence-electron chi connectivity index (χ2n) is 6.19. The first-order valence-corrected chi connectivity index (χ1v) is 8.74. The molecule has 0 spiro atoms. The van der Waals surface area contributed by atoms with E-state index in [0.717, 1.165) is 19.6 Å². The standard InChI is InChI=1S/C19H22N6O/c1-3-24-8-10-25(11-9-24)19(26)17-12-18(22-14(2)21-17)23-16-7-5-4-6-15(16)13-20/h4-7,12H,3,8-11H2,1-2H3,(H,21,22,23). The van der Waals surface area contributed by atoms with Crippen LogP contribution in [0.4, 0.5) is 11.5 Å². The summed E-state index contributed by atoms with van der Waals surface area (Å²) in [6, 6.07) is 11.0. The van der Waals surface area contributed by atoms with Crippen molar-refractivity contribution in [2.24, 2.45) is 0 Å². The monoisotopic (exact) mass is 350 g/mol. The number of nitriles is 1. The number of amides is 1. The Morgan fingerprint density at radius 1 is 1.23 bits per heavy atom. The van der Waals surface area contributed by atoms with Crippen molar-refractivity contribution in [3.8, 4) is 6.07 Å². The molecule has 1 saturated heterocycles. The lowest BCUT2D eigenvalue weighted by Crippen LogP contribution is -2.48. The molecule has 1 amide bonds. The number of hydrogen-bond donors (Lipinski definition) is 1. The molecule has 2 heterocycles. The van der Waals surface area contributed by atoms with Crippen molar-refractivity contribution in [3.63, 3.8) is 0 Å². The van der Waals surface area contributed by atoms with Gasteiger partial charge in [0.25, 0.3) is 5.91 Å². The highest BCUT2D eigenvalue weighted by atomic mass is 16.2. The van der Waals surface area contributed by atoms with E-state index in [1.165, 1.54) is 0 Å². The van der Waals surface area contributed by atoms with E-state index in [4.69, 9.17) is 0 Å². The fourth-order valence-corrected chi connectivity index (χ4v) is 3.00. The van der Waals surface area contributed by atoms with Crippen molar-refractivity contribution >= 4 is 17.4 Å². The first-order valence-electron chi connectivity index (χ1n) is 8.74. The summed E-state index contributed by atoms with van der Waals surface area (Å²) in [5, 5.41) is 12.3. The van der Waals surface area contributed by atoms with Crippen LogP contribution in [-0.4, -0.2) is 58.4 Å². The molecule has 26 heavy (non-hydrogen) atoms. The highest BCUT2D eigenvalue weighted by Gasteiger charge is 2.23. The number of benzene rings is 1. The van der Waals surface area contributed by atoms with Crippen LogP contribution in [0.2, 0.25) is 0 Å². The lowest BCUT2D eigenvalue weighted by molar-refractivity contribution is 0.0637. The Bertz CT molecular complexity index is 836. The van der Waals surface area contributed by atoms with Crippen molar-refractivity contribution < 1.29 is 4.79 Å². The normalized spacial score (nSPS) is 14.7. The highest BCUT2D eigenvalue weighted by Crippen LogP contribution is 2.20. The molecule has 3 rings (SSSR count). The van der Waals surface area contributed by atoms with Crippen LogP contribution in [0.1, 0.15) is 28.8 Å². The van der Waals surface area contributed by atoms with E-state index in [-0.39, 0.29) is 5.91 Å². The molecule has 1 aliphatic heterocycles. The Balaban J connectivity index is 1.80. The number of rotatable bonds is 4. The number of nitrogens with zero attached hydrogens (tertiary/aromatic N) is 5. The molecule has 0 saturated carbocycles. The van der Waals surface area contributed by atoms with Crippen LogP contribution in [-0.2, 0) is 0 Å². The number of anilines is 2. The fourth-order valence-electron chi connectivity index (χ4n) is 3.00. The molecule has 1 N–H and O–H groups in total. The van der Waals surface area contributed by atoms with Gasteiger partial charge in [-0.05, 0) is 25.6 Å². The van der Waals surface area contributed by atoms with Crippen LogP contribution in [0, 0.1) is 18.3 Å². The number of para-hydroxylation sites is 1. The van der Waals surface area contributed by atoms with Crippen LogP contribution in [0.3, 0.4) is 0 Å². The van der Waals surface area contributed by atoms with E-state index in [9.17, 15) is 10.1 Å². The molecule has 1 aromatic carbocycles. The van der Waals surface area contributed by atoms with Gasteiger partial charge in [-0.25, -0.2) is 9.97 Å². The third-order valence-corrected chi connectivity index (χ3v) is 4.47. The zero-order chi connectivity index (χ0) is 18.5. The Morgan fingerprint density at radius 2 is 1.96 bits per heavy atom. The van der Waals surface area contributed by atoms with Crippen molar-refractivity contribution in [1.29, 1.82) is 5.26 Å². The predicted molar refractivity (Wildman–Crippen MR) is 99.2 cm³/mol. The molecule has 134 valence electrons. The van der Waals surface area contributed by atoms with Gasteiger partial charge < -0.3 is 15.1 Å². The molecule has 0 radical (unpaired) electrons. The summed E-state index contributed by atoms with van der Waals surface area (Å²) in [4.78, 5) is 25.6. The number of hydrogen-bond acceptors (Lipinski definition) is 6. The molecule has 0 bridgehead atoms. The number of piperazine rings is 1. The smallest absolute Gasteiger partial charge is 0.272 e. The molecule has 1 aromatic heterocycles. The summed E-state index contributed by atoms with van der Waals surface area (Å²) in [6.45, 7) is 8.06. The zero-order valence-electron chi connectivity index (χ0n) is 15.1. The van der Waals surface area contributed by atoms with Crippen molar-refractivity contribution in [2.75, 3.05) is 38.0 Å². The molecule has 1 aliphatic rings. The van der Waals surface area contributed by atoms with E-state index in [1.807, 2.05) is 17.0 Å². The number of aryl methyl sites for hydroxylation is 1. The Labute approximate surface area is 153 Å². The minimum absolute atomic E-state index is 0.0807. The van der Waals surface area contributed by atoms with Gasteiger partial charge >= 0.3 is 0 Å². The third-order valence-electron chi connectivity index (χ3n) is 4.47. The Hall–Kier alpha value is -2.98. The summed E-state index contributed by atoms with van der Waals surface area (Å²) in [5.74, 6) is 0.943. The topological polar surface area (TPSA) is 85.1 Å². The van der Waals surface area contributed by atoms with Crippen LogP contribution < -0.4 is 5.32 Å². The molecule has 0 atom stereocenters. The maximum Gasteiger partial charge on any atom is 0.272 e. The summed E-state index contributed by atoms with van der Waals surface area (Å²) in [6.07, 6.45) is 0. The van der Waals surface area contributed by atoms with Crippen LogP contribution in [0.15, 0.2) is 30.3 Å². The molecule has 2 aromatic rings. The summed E-state index contributed by atoms with van der Waals surface area (Å²) < 4.78 is 0. The van der Waals surface area contributed by atoms with Gasteiger partial charge in [-0.3, -0.25) is 4.79 Å². The molecular formula is C19H22N6O. The molecule has 0 aliphatic carbocycles. The van der Waals surface area contributed by atoms with Gasteiger partial charge in [-0.1, -0.05) is 19.1 Å². The lowest BCUT2D eigenvalue weighted by Gasteiger charge is -2.33. The zero-order valence-corrected chi connectivity index (χ0v) is 15.1. The third kappa shape index (κ3) is 3.98. The fraction of sp³-hybridized carbons (Fsp3) is 0.368. The minimum Gasteiger partial charge on any atom is -0.339 e. The molecular weight excluding hydrogens is 328 g/mol. The van der Waals surface area contributed by atoms with Gasteiger partial charge in [-0.2, -0.15) is 5.26 Å². The number of aromatic nitrogens is 2. The largest absolute Gasteiger partial charge is 0.339 e. The average molecular weight is 350 g/mol. The van der Waals surface area contributed by atoms with E-state index in [0.29, 0.717) is 41.7 Å². The summed E-state index contributed by atoms with van der Waals surface area (Å²) >= 11 is 0. The maximum atomic E-state index is 12.8. The summed E-state index contributed by atoms with van der Waals surface area (Å²) in [7, 11) is 0. The van der Waals surface area contributed by atoms with Crippen molar-refractivity contribution in [2.45, 2.75) is 13.8 Å². The first-order chi connectivity index (χ1) is 12.6. The maximum absolute atomic E-state index is 12.8. The SMILES string of the molecule is CCN1CCN(C(=O)c2cc(Nc3ccccc3C#N)nc(C)n2)CC1. The number of likely N-dealkylation sites (N-methyl/N-ethyl adjacent to an activating group) is 1. The highest BCUT2D eigenvalue weighted by molar-refractivity contribution is 5.93. The average Bonchev–Trinajstić information content (AvgIpc) is 2.67. The van der Waals surface area contributed by atoms with E-state index < -0.39 is 0 Å². The second-order valence-corrected chi connectivity index (χ2v) is 6.19. The summed E-state index contributed by atoms with van der Waals surface area (Å²) in [5.41, 5.74) is 1.55. The number of carbonyl (C=O) groups excluding carboxylic acids is 1.